The van der Waals surface area contributed by atoms with E-state index in [4.69, 9.17) is 28.6 Å². The summed E-state index contributed by atoms with van der Waals surface area (Å²) in [5.74, 6) is 1.32. The molecule has 4 nitrogen and oxygen atoms in total. The summed E-state index contributed by atoms with van der Waals surface area (Å²) in [6.45, 7) is 0. The number of nitrogens with one attached hydrogen (secondary N) is 2. The Balaban J connectivity index is 1.63. The van der Waals surface area contributed by atoms with Crippen molar-refractivity contribution < 1.29 is 4.74 Å². The smallest absolute Gasteiger partial charge is 0.174 e. The topological polar surface area (TPSA) is 46.2 Å². The van der Waals surface area contributed by atoms with Crippen molar-refractivity contribution in [3.05, 3.63) is 53.2 Å². The first-order chi connectivity index (χ1) is 12.6. The predicted octanol–water partition coefficient (Wildman–Crippen LogP) is 4.98. The summed E-state index contributed by atoms with van der Waals surface area (Å²) < 4.78 is 5.33. The lowest BCUT2D eigenvalue weighted by molar-refractivity contribution is 0.362. The number of thiocarbonyl (C=S) groups is 1. The number of rotatable bonds is 6. The average molecular weight is 390 g/mol. The van der Waals surface area contributed by atoms with Gasteiger partial charge in [0.15, 0.2) is 16.7 Å². The van der Waals surface area contributed by atoms with Crippen molar-refractivity contribution in [3.63, 3.8) is 0 Å². The molecule has 3 rings (SSSR count). The van der Waals surface area contributed by atoms with Gasteiger partial charge in [0.05, 0.1) is 7.11 Å². The molecule has 0 aliphatic heterocycles. The highest BCUT2D eigenvalue weighted by molar-refractivity contribution is 7.80. The molecule has 1 saturated carbocycles. The summed E-state index contributed by atoms with van der Waals surface area (Å²) in [6, 6.07) is 11.8. The molecule has 0 amide bonds. The van der Waals surface area contributed by atoms with Gasteiger partial charge in [-0.15, -0.1) is 0 Å². The van der Waals surface area contributed by atoms with E-state index in [1.165, 1.54) is 18.4 Å². The summed E-state index contributed by atoms with van der Waals surface area (Å²) in [5, 5.41) is 8.13. The van der Waals surface area contributed by atoms with Crippen LogP contribution in [-0.4, -0.2) is 22.7 Å². The number of halogens is 1. The third-order valence-electron chi connectivity index (χ3n) is 4.97. The van der Waals surface area contributed by atoms with E-state index in [1.807, 2.05) is 24.3 Å². The highest BCUT2D eigenvalue weighted by Crippen LogP contribution is 2.34. The van der Waals surface area contributed by atoms with Crippen LogP contribution in [0, 0.1) is 0 Å². The SMILES string of the molecule is COc1cccnc1NC(=S)NC1(CCc2ccc(Cl)cc2)CCCC1. The predicted molar refractivity (Wildman–Crippen MR) is 111 cm³/mol. The monoisotopic (exact) mass is 389 g/mol. The fourth-order valence-electron chi connectivity index (χ4n) is 3.55. The van der Waals surface area contributed by atoms with Crippen LogP contribution < -0.4 is 15.4 Å². The number of benzene rings is 1. The molecule has 0 unspecified atom stereocenters. The largest absolute Gasteiger partial charge is 0.493 e. The minimum atomic E-state index is 0.0335. The van der Waals surface area contributed by atoms with Gasteiger partial charge < -0.3 is 15.4 Å². The normalized spacial score (nSPS) is 15.5. The summed E-state index contributed by atoms with van der Waals surface area (Å²) in [7, 11) is 1.63. The van der Waals surface area contributed by atoms with Crippen molar-refractivity contribution in [2.75, 3.05) is 12.4 Å². The van der Waals surface area contributed by atoms with E-state index in [-0.39, 0.29) is 5.54 Å². The molecule has 0 bridgehead atoms. The molecule has 138 valence electrons. The van der Waals surface area contributed by atoms with Crippen LogP contribution >= 0.6 is 23.8 Å². The number of methoxy groups -OCH3 is 1. The first-order valence-electron chi connectivity index (χ1n) is 8.93. The highest BCUT2D eigenvalue weighted by Gasteiger charge is 2.34. The number of pyridine rings is 1. The fraction of sp³-hybridized carbons (Fsp3) is 0.400. The van der Waals surface area contributed by atoms with Gasteiger partial charge in [-0.3, -0.25) is 0 Å². The van der Waals surface area contributed by atoms with Gasteiger partial charge in [-0.2, -0.15) is 0 Å². The lowest BCUT2D eigenvalue weighted by Crippen LogP contribution is -2.48. The van der Waals surface area contributed by atoms with Gasteiger partial charge >= 0.3 is 0 Å². The maximum Gasteiger partial charge on any atom is 0.174 e. The maximum absolute atomic E-state index is 5.98. The van der Waals surface area contributed by atoms with Crippen molar-refractivity contribution >= 4 is 34.7 Å². The molecule has 2 N–H and O–H groups in total. The molecule has 1 fully saturated rings. The zero-order valence-electron chi connectivity index (χ0n) is 14.9. The minimum Gasteiger partial charge on any atom is -0.493 e. The molecule has 1 aliphatic carbocycles. The Labute approximate surface area is 165 Å². The maximum atomic E-state index is 5.98. The second-order valence-corrected chi connectivity index (χ2v) is 7.59. The van der Waals surface area contributed by atoms with E-state index in [2.05, 4.69) is 27.8 Å². The molecule has 26 heavy (non-hydrogen) atoms. The number of aromatic nitrogens is 1. The Kier molecular flexibility index (Phi) is 6.33. The number of hydrogen-bond acceptors (Lipinski definition) is 3. The van der Waals surface area contributed by atoms with Crippen LogP contribution in [0.15, 0.2) is 42.6 Å². The molecular formula is C20H24ClN3OS. The number of ether oxygens (including phenoxy) is 1. The number of aryl methyl sites for hydroxylation is 1. The molecule has 1 aromatic heterocycles. The van der Waals surface area contributed by atoms with Crippen LogP contribution in [0.3, 0.4) is 0 Å². The Morgan fingerprint density at radius 2 is 1.96 bits per heavy atom. The van der Waals surface area contributed by atoms with E-state index in [9.17, 15) is 0 Å². The van der Waals surface area contributed by atoms with Gasteiger partial charge in [0.25, 0.3) is 0 Å². The molecule has 1 heterocycles. The van der Waals surface area contributed by atoms with E-state index < -0.39 is 0 Å². The molecule has 1 aromatic carbocycles. The van der Waals surface area contributed by atoms with Gasteiger partial charge in [0, 0.05) is 16.8 Å². The van der Waals surface area contributed by atoms with Gasteiger partial charge in [-0.05, 0) is 67.7 Å². The fourth-order valence-corrected chi connectivity index (χ4v) is 3.99. The lowest BCUT2D eigenvalue weighted by Gasteiger charge is -2.32. The minimum absolute atomic E-state index is 0.0335. The molecule has 0 spiro atoms. The number of hydrogen-bond donors (Lipinski definition) is 2. The first kappa shape index (κ1) is 18.9. The van der Waals surface area contributed by atoms with E-state index in [0.29, 0.717) is 16.7 Å². The zero-order chi connectivity index (χ0) is 18.4. The van der Waals surface area contributed by atoms with Crippen molar-refractivity contribution in [3.8, 4) is 5.75 Å². The van der Waals surface area contributed by atoms with Gasteiger partial charge in [-0.25, -0.2) is 4.98 Å². The van der Waals surface area contributed by atoms with Crippen LogP contribution in [0.25, 0.3) is 0 Å². The second-order valence-electron chi connectivity index (χ2n) is 6.75. The molecular weight excluding hydrogens is 366 g/mol. The van der Waals surface area contributed by atoms with Crippen molar-refractivity contribution in [1.29, 1.82) is 0 Å². The van der Waals surface area contributed by atoms with Crippen LogP contribution in [0.4, 0.5) is 5.82 Å². The van der Waals surface area contributed by atoms with Gasteiger partial charge in [-0.1, -0.05) is 36.6 Å². The molecule has 1 aliphatic rings. The number of anilines is 1. The Morgan fingerprint density at radius 3 is 2.65 bits per heavy atom. The third kappa shape index (κ3) is 4.86. The molecule has 6 heteroatoms. The van der Waals surface area contributed by atoms with Crippen LogP contribution in [-0.2, 0) is 6.42 Å². The summed E-state index contributed by atoms with van der Waals surface area (Å²) in [5.41, 5.74) is 1.33. The molecule has 0 atom stereocenters. The lowest BCUT2D eigenvalue weighted by atomic mass is 9.89. The van der Waals surface area contributed by atoms with Crippen LogP contribution in [0.5, 0.6) is 5.75 Å². The van der Waals surface area contributed by atoms with Crippen molar-refractivity contribution in [2.24, 2.45) is 0 Å². The summed E-state index contributed by atoms with van der Waals surface area (Å²) in [6.07, 6.45) is 8.46. The van der Waals surface area contributed by atoms with E-state index in [0.717, 1.165) is 30.7 Å². The Morgan fingerprint density at radius 1 is 1.23 bits per heavy atom. The highest BCUT2D eigenvalue weighted by atomic mass is 35.5. The Hall–Kier alpha value is -1.85. The first-order valence-corrected chi connectivity index (χ1v) is 9.71. The van der Waals surface area contributed by atoms with Crippen LogP contribution in [0.1, 0.15) is 37.7 Å². The zero-order valence-corrected chi connectivity index (χ0v) is 16.5. The molecule has 0 radical (unpaired) electrons. The Bertz CT molecular complexity index is 745. The van der Waals surface area contributed by atoms with E-state index in [1.54, 1.807) is 13.3 Å². The summed E-state index contributed by atoms with van der Waals surface area (Å²) >= 11 is 11.5. The average Bonchev–Trinajstić information content (AvgIpc) is 3.10. The van der Waals surface area contributed by atoms with Crippen molar-refractivity contribution in [1.82, 2.24) is 10.3 Å². The molecule has 2 aromatic rings. The van der Waals surface area contributed by atoms with E-state index >= 15 is 0 Å². The standard InChI is InChI=1S/C20H24ClN3OS/c1-25-17-5-4-14-22-18(17)23-19(26)24-20(11-2-3-12-20)13-10-15-6-8-16(21)9-7-15/h4-9,14H,2-3,10-13H2,1H3,(H2,22,23,24,26). The second kappa shape index (κ2) is 8.69. The molecule has 0 saturated heterocycles. The third-order valence-corrected chi connectivity index (χ3v) is 5.42. The quantitative estimate of drug-likeness (QED) is 0.682. The van der Waals surface area contributed by atoms with Gasteiger partial charge in [0.2, 0.25) is 0 Å². The van der Waals surface area contributed by atoms with Gasteiger partial charge in [0.1, 0.15) is 0 Å². The summed E-state index contributed by atoms with van der Waals surface area (Å²) in [4.78, 5) is 4.31. The number of nitrogens with zero attached hydrogens (tertiary/aromatic N) is 1. The van der Waals surface area contributed by atoms with Crippen LogP contribution in [0.2, 0.25) is 5.02 Å². The van der Waals surface area contributed by atoms with Crippen molar-refractivity contribution in [2.45, 2.75) is 44.1 Å².